The monoisotopic (exact) mass is 406 g/mol. The molecule has 0 fully saturated rings. The quantitative estimate of drug-likeness (QED) is 0.660. The average molecular weight is 407 g/mol. The van der Waals surface area contributed by atoms with E-state index in [9.17, 15) is 4.79 Å². The summed E-state index contributed by atoms with van der Waals surface area (Å²) in [5.74, 6) is 0.0201. The molecule has 4 nitrogen and oxygen atoms in total. The van der Waals surface area contributed by atoms with E-state index in [4.69, 9.17) is 0 Å². The number of fused-ring (bicyclic) bond motifs is 1. The third-order valence-electron chi connectivity index (χ3n) is 5.77. The van der Waals surface area contributed by atoms with Crippen molar-refractivity contribution in [3.05, 3.63) is 87.6 Å². The Hall–Kier alpha value is -2.63. The van der Waals surface area contributed by atoms with E-state index in [0.717, 1.165) is 24.4 Å². The molecule has 150 valence electrons. The van der Waals surface area contributed by atoms with Crippen LogP contribution in [0.1, 0.15) is 32.4 Å². The Bertz CT molecular complexity index is 951. The fraction of sp³-hybridized carbons (Fsp3) is 0.292. The Morgan fingerprint density at radius 3 is 2.52 bits per heavy atom. The Labute approximate surface area is 176 Å². The molecule has 0 saturated heterocycles. The highest BCUT2D eigenvalue weighted by Crippen LogP contribution is 2.19. The molecule has 0 bridgehead atoms. The van der Waals surface area contributed by atoms with Gasteiger partial charge in [0, 0.05) is 37.3 Å². The van der Waals surface area contributed by atoms with Crippen molar-refractivity contribution in [2.24, 2.45) is 0 Å². The Balaban J connectivity index is 1.56. The van der Waals surface area contributed by atoms with Crippen LogP contribution in [-0.2, 0) is 13.0 Å². The normalized spacial score (nSPS) is 16.7. The van der Waals surface area contributed by atoms with Gasteiger partial charge in [0.25, 0.3) is 5.91 Å². The van der Waals surface area contributed by atoms with Gasteiger partial charge in [-0.25, -0.2) is 0 Å². The smallest absolute Gasteiger partial charge is 0.261 e. The lowest BCUT2D eigenvalue weighted by Gasteiger charge is -2.33. The summed E-state index contributed by atoms with van der Waals surface area (Å²) in [4.78, 5) is 16.9. The molecule has 1 amide bonds. The number of anilines is 1. The second-order valence-electron chi connectivity index (χ2n) is 7.83. The van der Waals surface area contributed by atoms with E-state index in [2.05, 4.69) is 72.8 Å². The molecule has 1 aliphatic heterocycles. The first-order valence-electron chi connectivity index (χ1n) is 10.1. The largest absolute Gasteiger partial charge is 0.378 e. The summed E-state index contributed by atoms with van der Waals surface area (Å²) < 4.78 is 0. The standard InChI is InChI=1S/C24H27N3OS/c1-26(2)21-11-9-19(10-12-21)22(16-25-24(28)23-8-5-15-29-23)27-14-13-18-6-3-4-7-20(18)17-27/h3-12,15,22H,13-14,16-17H2,1-2H3,(H,25,28)/p+1/t22-/m0/s1. The predicted molar refractivity (Wildman–Crippen MR) is 120 cm³/mol. The van der Waals surface area contributed by atoms with E-state index >= 15 is 0 Å². The van der Waals surface area contributed by atoms with Crippen molar-refractivity contribution >= 4 is 22.9 Å². The number of rotatable bonds is 6. The maximum Gasteiger partial charge on any atom is 0.261 e. The van der Waals surface area contributed by atoms with Crippen molar-refractivity contribution < 1.29 is 9.69 Å². The average Bonchev–Trinajstić information content (AvgIpc) is 3.29. The number of hydrogen-bond acceptors (Lipinski definition) is 3. The SMILES string of the molecule is CN(C)c1ccc([C@H](CNC(=O)c2cccs2)[NH+]2CCc3ccccc3C2)cc1. The van der Waals surface area contributed by atoms with Gasteiger partial charge in [-0.3, -0.25) is 4.79 Å². The van der Waals surface area contributed by atoms with E-state index in [1.165, 1.54) is 38.6 Å². The number of quaternary nitrogens is 1. The molecule has 2 atom stereocenters. The predicted octanol–water partition coefficient (Wildman–Crippen LogP) is 2.93. The molecule has 1 unspecified atom stereocenters. The van der Waals surface area contributed by atoms with Gasteiger partial charge in [-0.05, 0) is 29.1 Å². The molecule has 2 heterocycles. The van der Waals surface area contributed by atoms with Crippen molar-refractivity contribution in [2.45, 2.75) is 19.0 Å². The van der Waals surface area contributed by atoms with Crippen LogP contribution >= 0.6 is 11.3 Å². The van der Waals surface area contributed by atoms with Gasteiger partial charge in [0.2, 0.25) is 0 Å². The first kappa shape index (κ1) is 19.7. The third kappa shape index (κ3) is 4.52. The molecule has 0 aliphatic carbocycles. The summed E-state index contributed by atoms with van der Waals surface area (Å²) in [6.07, 6.45) is 1.08. The Morgan fingerprint density at radius 2 is 1.83 bits per heavy atom. The van der Waals surface area contributed by atoms with Crippen molar-refractivity contribution in [3.63, 3.8) is 0 Å². The van der Waals surface area contributed by atoms with Crippen molar-refractivity contribution in [1.82, 2.24) is 5.32 Å². The highest BCUT2D eigenvalue weighted by atomic mass is 32.1. The van der Waals surface area contributed by atoms with Gasteiger partial charge in [-0.15, -0.1) is 11.3 Å². The molecule has 0 saturated carbocycles. The van der Waals surface area contributed by atoms with E-state index in [1.54, 1.807) is 0 Å². The zero-order valence-corrected chi connectivity index (χ0v) is 17.8. The minimum atomic E-state index is 0.0201. The number of nitrogens with zero attached hydrogens (tertiary/aromatic N) is 1. The van der Waals surface area contributed by atoms with Gasteiger partial charge in [-0.2, -0.15) is 0 Å². The number of hydrogen-bond donors (Lipinski definition) is 2. The molecule has 2 N–H and O–H groups in total. The van der Waals surface area contributed by atoms with Crippen LogP contribution in [0.5, 0.6) is 0 Å². The second kappa shape index (κ2) is 8.80. The highest BCUT2D eigenvalue weighted by Gasteiger charge is 2.29. The molecule has 2 aromatic carbocycles. The van der Waals surface area contributed by atoms with Gasteiger partial charge in [-0.1, -0.05) is 42.5 Å². The minimum Gasteiger partial charge on any atom is -0.378 e. The van der Waals surface area contributed by atoms with E-state index in [-0.39, 0.29) is 11.9 Å². The van der Waals surface area contributed by atoms with Crippen molar-refractivity contribution in [1.29, 1.82) is 0 Å². The molecular formula is C24H28N3OS+. The minimum absolute atomic E-state index is 0.0201. The molecule has 1 aliphatic rings. The molecular weight excluding hydrogens is 378 g/mol. The lowest BCUT2D eigenvalue weighted by Crippen LogP contribution is -3.12. The second-order valence-corrected chi connectivity index (χ2v) is 8.78. The van der Waals surface area contributed by atoms with Crippen LogP contribution in [0.3, 0.4) is 0 Å². The molecule has 4 rings (SSSR count). The molecule has 0 spiro atoms. The first-order valence-corrected chi connectivity index (χ1v) is 11.0. The molecule has 5 heteroatoms. The van der Waals surface area contributed by atoms with Gasteiger partial charge >= 0.3 is 0 Å². The summed E-state index contributed by atoms with van der Waals surface area (Å²) in [5.41, 5.74) is 5.35. The Kier molecular flexibility index (Phi) is 5.97. The van der Waals surface area contributed by atoms with Crippen LogP contribution in [0.2, 0.25) is 0 Å². The number of benzene rings is 2. The lowest BCUT2D eigenvalue weighted by atomic mass is 9.96. The summed E-state index contributed by atoms with van der Waals surface area (Å²) in [6, 6.07) is 21.5. The molecule has 0 radical (unpaired) electrons. The summed E-state index contributed by atoms with van der Waals surface area (Å²) in [5, 5.41) is 5.13. The van der Waals surface area contributed by atoms with Crippen LogP contribution in [-0.4, -0.2) is 33.1 Å². The number of amides is 1. The number of carbonyl (C=O) groups excluding carboxylic acids is 1. The molecule has 1 aromatic heterocycles. The van der Waals surface area contributed by atoms with E-state index in [0.29, 0.717) is 6.54 Å². The summed E-state index contributed by atoms with van der Waals surface area (Å²) >= 11 is 1.49. The first-order chi connectivity index (χ1) is 14.1. The van der Waals surface area contributed by atoms with Crippen LogP contribution in [0, 0.1) is 0 Å². The van der Waals surface area contributed by atoms with E-state index in [1.807, 2.05) is 17.5 Å². The van der Waals surface area contributed by atoms with Crippen molar-refractivity contribution in [3.8, 4) is 0 Å². The van der Waals surface area contributed by atoms with Crippen LogP contribution < -0.4 is 15.1 Å². The number of carbonyl (C=O) groups is 1. The fourth-order valence-electron chi connectivity index (χ4n) is 4.09. The maximum atomic E-state index is 12.5. The van der Waals surface area contributed by atoms with Gasteiger partial charge in [0.15, 0.2) is 0 Å². The van der Waals surface area contributed by atoms with Crippen LogP contribution in [0.4, 0.5) is 5.69 Å². The fourth-order valence-corrected chi connectivity index (χ4v) is 4.73. The number of nitrogens with one attached hydrogen (secondary N) is 2. The molecule has 3 aromatic rings. The summed E-state index contributed by atoms with van der Waals surface area (Å²) in [7, 11) is 4.11. The van der Waals surface area contributed by atoms with Crippen LogP contribution in [0.15, 0.2) is 66.0 Å². The van der Waals surface area contributed by atoms with Gasteiger partial charge in [0.05, 0.1) is 18.0 Å². The molecule has 29 heavy (non-hydrogen) atoms. The van der Waals surface area contributed by atoms with Gasteiger partial charge < -0.3 is 15.1 Å². The topological polar surface area (TPSA) is 36.8 Å². The summed E-state index contributed by atoms with van der Waals surface area (Å²) in [6.45, 7) is 2.70. The van der Waals surface area contributed by atoms with Crippen molar-refractivity contribution in [2.75, 3.05) is 32.1 Å². The lowest BCUT2D eigenvalue weighted by molar-refractivity contribution is -0.945. The highest BCUT2D eigenvalue weighted by molar-refractivity contribution is 7.12. The Morgan fingerprint density at radius 1 is 1.07 bits per heavy atom. The van der Waals surface area contributed by atoms with E-state index < -0.39 is 0 Å². The van der Waals surface area contributed by atoms with Crippen LogP contribution in [0.25, 0.3) is 0 Å². The maximum absolute atomic E-state index is 12.5. The zero-order valence-electron chi connectivity index (χ0n) is 17.0. The zero-order chi connectivity index (χ0) is 20.2. The number of thiophene rings is 1. The third-order valence-corrected chi connectivity index (χ3v) is 6.64. The van der Waals surface area contributed by atoms with Gasteiger partial charge in [0.1, 0.15) is 12.6 Å².